The van der Waals surface area contributed by atoms with Gasteiger partial charge in [-0.15, -0.1) is 0 Å². The number of halogens is 1. The molecule has 1 unspecified atom stereocenters. The molecular weight excluding hydrogens is 490 g/mol. The molecule has 3 aromatic carbocycles. The summed E-state index contributed by atoms with van der Waals surface area (Å²) in [7, 11) is 0. The van der Waals surface area contributed by atoms with Crippen molar-refractivity contribution in [2.45, 2.75) is 31.1 Å². The average molecular weight is 520 g/mol. The second-order valence-electron chi connectivity index (χ2n) is 9.52. The molecule has 3 N–H and O–H groups in total. The van der Waals surface area contributed by atoms with Crippen LogP contribution in [0.1, 0.15) is 41.1 Å². The maximum atomic E-state index is 13.3. The Morgan fingerprint density at radius 1 is 1.00 bits per heavy atom. The third kappa shape index (κ3) is 5.49. The van der Waals surface area contributed by atoms with Crippen molar-refractivity contribution in [1.82, 2.24) is 10.2 Å². The average Bonchev–Trinajstić information content (AvgIpc) is 3.27. The van der Waals surface area contributed by atoms with Crippen LogP contribution in [0.4, 0.5) is 5.69 Å². The summed E-state index contributed by atoms with van der Waals surface area (Å²) >= 11 is 6.33. The smallest absolute Gasteiger partial charge is 0.322 e. The molecule has 2 aliphatic heterocycles. The Bertz CT molecular complexity index is 1280. The molecule has 1 fully saturated rings. The minimum atomic E-state index is -0.961. The summed E-state index contributed by atoms with van der Waals surface area (Å²) in [5, 5.41) is 16.1. The fourth-order valence-corrected chi connectivity index (χ4v) is 5.55. The van der Waals surface area contributed by atoms with E-state index in [9.17, 15) is 9.59 Å². The molecule has 0 bridgehead atoms. The van der Waals surface area contributed by atoms with Gasteiger partial charge in [-0.2, -0.15) is 0 Å². The monoisotopic (exact) mass is 519 g/mol. The molecule has 0 aromatic heterocycles. The zero-order valence-electron chi connectivity index (χ0n) is 20.5. The zero-order valence-corrected chi connectivity index (χ0v) is 21.2. The highest BCUT2D eigenvalue weighted by atomic mass is 35.5. The van der Waals surface area contributed by atoms with Crippen LogP contribution in [0, 0.1) is 0 Å². The topological polar surface area (TPSA) is 90.9 Å². The molecule has 8 heteroatoms. The summed E-state index contributed by atoms with van der Waals surface area (Å²) in [5.74, 6) is -0.943. The van der Waals surface area contributed by atoms with Crippen LogP contribution in [0.2, 0.25) is 5.02 Å². The Morgan fingerprint density at radius 3 is 2.49 bits per heavy atom. The number of aliphatic carboxylic acids is 1. The zero-order chi connectivity index (χ0) is 25.8. The normalized spacial score (nSPS) is 16.8. The number of carboxylic acids is 1. The number of hydrogen-bond donors (Lipinski definition) is 3. The Kier molecular flexibility index (Phi) is 7.46. The molecule has 1 spiro atoms. The number of carbonyl (C=O) groups excluding carboxylic acids is 1. The van der Waals surface area contributed by atoms with Gasteiger partial charge in [-0.3, -0.25) is 14.9 Å². The van der Waals surface area contributed by atoms with Crippen LogP contribution in [0.5, 0.6) is 0 Å². The van der Waals surface area contributed by atoms with Crippen LogP contribution < -0.4 is 10.6 Å². The first-order chi connectivity index (χ1) is 17.9. The number of rotatable bonds is 8. The molecule has 5 rings (SSSR count). The summed E-state index contributed by atoms with van der Waals surface area (Å²) < 4.78 is 6.24. The van der Waals surface area contributed by atoms with Gasteiger partial charge in [-0.05, 0) is 53.3 Å². The second kappa shape index (κ2) is 10.9. The first-order valence-corrected chi connectivity index (χ1v) is 12.9. The summed E-state index contributed by atoms with van der Waals surface area (Å²) in [4.78, 5) is 26.4. The number of fused-ring (bicyclic) bond motifs is 2. The SMILES string of the molecule is O=C(O)CNc1ccc(Cl)cc1C(NCC(=O)N1CCC2(CC1)OCc1ccccc12)c1ccccc1. The van der Waals surface area contributed by atoms with Gasteiger partial charge in [0.1, 0.15) is 6.54 Å². The predicted octanol–water partition coefficient (Wildman–Crippen LogP) is 4.56. The fourth-order valence-electron chi connectivity index (χ4n) is 5.37. The molecule has 0 saturated carbocycles. The van der Waals surface area contributed by atoms with E-state index >= 15 is 0 Å². The lowest BCUT2D eigenvalue weighted by molar-refractivity contribution is -0.137. The Labute approximate surface area is 221 Å². The molecule has 1 saturated heterocycles. The molecule has 2 aliphatic rings. The third-order valence-electron chi connectivity index (χ3n) is 7.28. The van der Waals surface area contributed by atoms with Crippen LogP contribution in [-0.4, -0.2) is 48.1 Å². The van der Waals surface area contributed by atoms with Crippen LogP contribution in [0.3, 0.4) is 0 Å². The van der Waals surface area contributed by atoms with Crippen molar-refractivity contribution in [2.24, 2.45) is 0 Å². The van der Waals surface area contributed by atoms with E-state index in [2.05, 4.69) is 28.8 Å². The number of carboxylic acid groups (broad SMARTS) is 1. The number of nitrogens with one attached hydrogen (secondary N) is 2. The van der Waals surface area contributed by atoms with Gasteiger partial charge in [0.2, 0.25) is 5.91 Å². The molecule has 7 nitrogen and oxygen atoms in total. The molecule has 192 valence electrons. The molecule has 0 radical (unpaired) electrons. The van der Waals surface area contributed by atoms with Crippen LogP contribution in [0.15, 0.2) is 72.8 Å². The molecule has 2 heterocycles. The summed E-state index contributed by atoms with van der Waals surface area (Å²) in [5.41, 5.74) is 4.58. The van der Waals surface area contributed by atoms with E-state index in [0.717, 1.165) is 24.0 Å². The lowest BCUT2D eigenvalue weighted by atomic mass is 9.84. The maximum Gasteiger partial charge on any atom is 0.322 e. The van der Waals surface area contributed by atoms with Crippen molar-refractivity contribution in [3.63, 3.8) is 0 Å². The van der Waals surface area contributed by atoms with Gasteiger partial charge >= 0.3 is 5.97 Å². The maximum absolute atomic E-state index is 13.3. The third-order valence-corrected chi connectivity index (χ3v) is 7.52. The highest BCUT2D eigenvalue weighted by Crippen LogP contribution is 2.44. The minimum absolute atomic E-state index is 0.0177. The highest BCUT2D eigenvalue weighted by molar-refractivity contribution is 6.30. The standard InChI is InChI=1S/C29H30ClN3O4/c30-22-10-11-25(31-18-27(35)36)23(16-22)28(20-6-2-1-3-7-20)32-17-26(34)33-14-12-29(13-15-33)24-9-5-4-8-21(24)19-37-29/h1-11,16,28,31-32H,12-15,17-19H2,(H,35,36). The Hall–Kier alpha value is -3.39. The number of benzene rings is 3. The lowest BCUT2D eigenvalue weighted by Crippen LogP contribution is -2.48. The van der Waals surface area contributed by atoms with E-state index in [0.29, 0.717) is 30.4 Å². The Balaban J connectivity index is 1.30. The number of nitrogens with zero attached hydrogens (tertiary/aromatic N) is 1. The van der Waals surface area contributed by atoms with Crippen molar-refractivity contribution in [2.75, 3.05) is 31.5 Å². The lowest BCUT2D eigenvalue weighted by Gasteiger charge is -2.39. The number of anilines is 1. The van der Waals surface area contributed by atoms with Gasteiger partial charge in [-0.25, -0.2) is 0 Å². The number of hydrogen-bond acceptors (Lipinski definition) is 5. The van der Waals surface area contributed by atoms with Crippen molar-refractivity contribution in [3.05, 3.63) is 100 Å². The molecular formula is C29H30ClN3O4. The minimum Gasteiger partial charge on any atom is -0.480 e. The summed E-state index contributed by atoms with van der Waals surface area (Å²) in [6.45, 7) is 1.80. The van der Waals surface area contributed by atoms with Crippen molar-refractivity contribution in [3.8, 4) is 0 Å². The fraction of sp³-hybridized carbons (Fsp3) is 0.310. The van der Waals surface area contributed by atoms with E-state index in [-0.39, 0.29) is 30.6 Å². The summed E-state index contributed by atoms with van der Waals surface area (Å²) in [6, 6.07) is 23.0. The quantitative estimate of drug-likeness (QED) is 0.404. The van der Waals surface area contributed by atoms with E-state index in [4.69, 9.17) is 21.4 Å². The molecule has 37 heavy (non-hydrogen) atoms. The summed E-state index contributed by atoms with van der Waals surface area (Å²) in [6.07, 6.45) is 1.55. The van der Waals surface area contributed by atoms with Crippen LogP contribution in [-0.2, 0) is 26.5 Å². The van der Waals surface area contributed by atoms with Crippen LogP contribution in [0.25, 0.3) is 0 Å². The highest BCUT2D eigenvalue weighted by Gasteiger charge is 2.43. The van der Waals surface area contributed by atoms with Crippen molar-refractivity contribution < 1.29 is 19.4 Å². The molecule has 1 atom stereocenters. The van der Waals surface area contributed by atoms with Crippen LogP contribution >= 0.6 is 11.6 Å². The number of carbonyl (C=O) groups is 2. The van der Waals surface area contributed by atoms with Gasteiger partial charge in [-0.1, -0.05) is 66.2 Å². The molecule has 0 aliphatic carbocycles. The van der Waals surface area contributed by atoms with E-state index in [1.165, 1.54) is 11.1 Å². The number of ether oxygens (including phenoxy) is 1. The van der Waals surface area contributed by atoms with Crippen molar-refractivity contribution >= 4 is 29.2 Å². The number of piperidine rings is 1. The first-order valence-electron chi connectivity index (χ1n) is 12.5. The first kappa shape index (κ1) is 25.3. The number of likely N-dealkylation sites (tertiary alicyclic amines) is 1. The molecule has 1 amide bonds. The molecule has 3 aromatic rings. The second-order valence-corrected chi connectivity index (χ2v) is 9.96. The van der Waals surface area contributed by atoms with Crippen molar-refractivity contribution in [1.29, 1.82) is 0 Å². The van der Waals surface area contributed by atoms with E-state index in [1.807, 2.05) is 41.3 Å². The van der Waals surface area contributed by atoms with Gasteiger partial charge in [0, 0.05) is 23.8 Å². The largest absolute Gasteiger partial charge is 0.480 e. The Morgan fingerprint density at radius 2 is 1.73 bits per heavy atom. The van der Waals surface area contributed by atoms with Gasteiger partial charge in [0.15, 0.2) is 0 Å². The van der Waals surface area contributed by atoms with Gasteiger partial charge in [0.25, 0.3) is 0 Å². The van der Waals surface area contributed by atoms with E-state index < -0.39 is 5.97 Å². The van der Waals surface area contributed by atoms with Gasteiger partial charge in [0.05, 0.1) is 24.8 Å². The van der Waals surface area contributed by atoms with E-state index in [1.54, 1.807) is 18.2 Å². The predicted molar refractivity (Wildman–Crippen MR) is 143 cm³/mol. The van der Waals surface area contributed by atoms with Gasteiger partial charge < -0.3 is 20.1 Å². The number of amides is 1.